The normalized spacial score (nSPS) is 12.6. The molecule has 13 aromatic rings. The summed E-state index contributed by atoms with van der Waals surface area (Å²) in [7, 11) is 0. The van der Waals surface area contributed by atoms with Gasteiger partial charge in [-0.05, 0) is 71.8 Å². The third-order valence-electron chi connectivity index (χ3n) is 11.4. The molecule has 0 unspecified atom stereocenters. The van der Waals surface area contributed by atoms with E-state index in [2.05, 4.69) is 155 Å². The second kappa shape index (κ2) is 9.39. The number of furan rings is 2. The van der Waals surface area contributed by atoms with E-state index in [-0.39, 0.29) is 0 Å². The molecule has 13 rings (SSSR count). The Kier molecular flexibility index (Phi) is 4.83. The van der Waals surface area contributed by atoms with E-state index in [9.17, 15) is 0 Å². The molecule has 0 aliphatic heterocycles. The van der Waals surface area contributed by atoms with Crippen LogP contribution in [0.25, 0.3) is 121 Å². The maximum absolute atomic E-state index is 6.74. The summed E-state index contributed by atoms with van der Waals surface area (Å²) in [6, 6.07) is 56.8. The molecule has 240 valence electrons. The van der Waals surface area contributed by atoms with E-state index >= 15 is 0 Å². The Balaban J connectivity index is 1.19. The van der Waals surface area contributed by atoms with Crippen LogP contribution >= 0.6 is 0 Å². The number of hydrogen-bond acceptors (Lipinski definition) is 2. The molecule has 0 radical (unpaired) electrons. The molecule has 0 saturated heterocycles. The second-order valence-electron chi connectivity index (χ2n) is 14.0. The maximum Gasteiger partial charge on any atom is 0.160 e. The van der Waals surface area contributed by atoms with Crippen molar-refractivity contribution in [2.24, 2.45) is 0 Å². The Hall–Kier alpha value is -7.04. The number of hydrogen-bond donors (Lipinski definition) is 0. The van der Waals surface area contributed by atoms with Crippen molar-refractivity contribution < 1.29 is 8.83 Å². The van der Waals surface area contributed by atoms with Crippen molar-refractivity contribution in [2.75, 3.05) is 0 Å². The minimum atomic E-state index is 0.895. The van der Waals surface area contributed by atoms with E-state index in [1.807, 2.05) is 12.1 Å². The van der Waals surface area contributed by atoms with Crippen LogP contribution in [0.4, 0.5) is 0 Å². The SMILES string of the molecule is c1ccc(-n2c3ccccc3c3ccc(-c4cc5c6ccc7c8ccccc8oc7c6n6c5c(c4)c4ccc5c7ccccc7oc5c46)cc32)cc1. The number of para-hydroxylation sites is 4. The van der Waals surface area contributed by atoms with Crippen LogP contribution in [-0.2, 0) is 0 Å². The van der Waals surface area contributed by atoms with Crippen molar-refractivity contribution in [1.29, 1.82) is 0 Å². The first-order valence-corrected chi connectivity index (χ1v) is 17.8. The Morgan fingerprint density at radius 3 is 1.50 bits per heavy atom. The molecule has 5 aromatic heterocycles. The van der Waals surface area contributed by atoms with E-state index in [4.69, 9.17) is 8.83 Å². The fraction of sp³-hybridized carbons (Fsp3) is 0. The summed E-state index contributed by atoms with van der Waals surface area (Å²) in [6.45, 7) is 0. The van der Waals surface area contributed by atoms with E-state index in [0.29, 0.717) is 0 Å². The van der Waals surface area contributed by atoms with Crippen LogP contribution < -0.4 is 0 Å². The van der Waals surface area contributed by atoms with Gasteiger partial charge < -0.3 is 17.8 Å². The van der Waals surface area contributed by atoms with Crippen LogP contribution in [0.2, 0.25) is 0 Å². The van der Waals surface area contributed by atoms with Crippen molar-refractivity contribution >= 4 is 104 Å². The van der Waals surface area contributed by atoms with Gasteiger partial charge in [-0.15, -0.1) is 0 Å². The molecule has 0 fully saturated rings. The third kappa shape index (κ3) is 3.23. The summed E-state index contributed by atoms with van der Waals surface area (Å²) >= 11 is 0. The molecule has 0 aliphatic rings. The average Bonchev–Trinajstić information content (AvgIpc) is 4.00. The van der Waals surface area contributed by atoms with Crippen LogP contribution in [0.3, 0.4) is 0 Å². The summed E-state index contributed by atoms with van der Waals surface area (Å²) in [4.78, 5) is 0. The van der Waals surface area contributed by atoms with Gasteiger partial charge in [0.25, 0.3) is 0 Å². The molecule has 0 bridgehead atoms. The zero-order chi connectivity index (χ0) is 33.7. The van der Waals surface area contributed by atoms with Gasteiger partial charge in [-0.25, -0.2) is 0 Å². The van der Waals surface area contributed by atoms with Crippen LogP contribution in [-0.4, -0.2) is 8.97 Å². The molecule has 0 saturated carbocycles. The molecule has 0 atom stereocenters. The molecule has 0 spiro atoms. The molecule has 0 N–H and O–H groups in total. The monoisotopic (exact) mass is 662 g/mol. The van der Waals surface area contributed by atoms with Crippen LogP contribution in [0.5, 0.6) is 0 Å². The number of benzene rings is 8. The summed E-state index contributed by atoms with van der Waals surface area (Å²) in [5.41, 5.74) is 12.8. The summed E-state index contributed by atoms with van der Waals surface area (Å²) in [6.07, 6.45) is 0. The van der Waals surface area contributed by atoms with Gasteiger partial charge >= 0.3 is 0 Å². The topological polar surface area (TPSA) is 35.6 Å². The molecule has 4 heteroatoms. The molecule has 0 aliphatic carbocycles. The van der Waals surface area contributed by atoms with E-state index in [0.717, 1.165) is 60.6 Å². The van der Waals surface area contributed by atoms with Gasteiger partial charge in [-0.3, -0.25) is 0 Å². The zero-order valence-corrected chi connectivity index (χ0v) is 27.7. The zero-order valence-electron chi connectivity index (χ0n) is 27.7. The summed E-state index contributed by atoms with van der Waals surface area (Å²) < 4.78 is 18.3. The van der Waals surface area contributed by atoms with Gasteiger partial charge in [0.1, 0.15) is 11.2 Å². The molecule has 52 heavy (non-hydrogen) atoms. The lowest BCUT2D eigenvalue weighted by atomic mass is 9.98. The number of rotatable bonds is 2. The maximum atomic E-state index is 6.74. The van der Waals surface area contributed by atoms with Crippen molar-refractivity contribution in [3.8, 4) is 16.8 Å². The Labute approximate surface area is 295 Å². The second-order valence-corrected chi connectivity index (χ2v) is 14.0. The molecular weight excluding hydrogens is 637 g/mol. The van der Waals surface area contributed by atoms with Crippen molar-refractivity contribution in [3.05, 3.63) is 158 Å². The highest BCUT2D eigenvalue weighted by Crippen LogP contribution is 2.48. The van der Waals surface area contributed by atoms with Crippen LogP contribution in [0.15, 0.2) is 167 Å². The minimum Gasteiger partial charge on any atom is -0.454 e. The summed E-state index contributed by atoms with van der Waals surface area (Å²) in [5.74, 6) is 0. The fourth-order valence-electron chi connectivity index (χ4n) is 9.22. The third-order valence-corrected chi connectivity index (χ3v) is 11.4. The lowest BCUT2D eigenvalue weighted by Gasteiger charge is -2.09. The van der Waals surface area contributed by atoms with Gasteiger partial charge in [0.05, 0.1) is 27.6 Å². The molecule has 0 amide bonds. The van der Waals surface area contributed by atoms with Crippen molar-refractivity contribution in [2.45, 2.75) is 0 Å². The van der Waals surface area contributed by atoms with E-state index in [1.165, 1.54) is 60.0 Å². The minimum absolute atomic E-state index is 0.895. The van der Waals surface area contributed by atoms with Crippen LogP contribution in [0, 0.1) is 0 Å². The first-order chi connectivity index (χ1) is 25.8. The predicted octanol–water partition coefficient (Wildman–Crippen LogP) is 13.4. The number of nitrogens with zero attached hydrogens (tertiary/aromatic N) is 2. The lowest BCUT2D eigenvalue weighted by Crippen LogP contribution is -1.93. The van der Waals surface area contributed by atoms with E-state index in [1.54, 1.807) is 0 Å². The molecule has 5 heterocycles. The standard InChI is InChI=1S/C48H26N2O2/c1-2-10-29(11-3-1)49-40-15-7-4-12-30(40)31-19-18-27(26-41(31)49)28-24-38-34-20-22-36-32-13-5-8-16-42(32)51-47(36)45(34)50-44(38)39(25-28)35-21-23-37-33-14-6-9-17-43(33)52-48(37)46(35)50/h1-26H. The largest absolute Gasteiger partial charge is 0.454 e. The molecule has 8 aromatic carbocycles. The average molecular weight is 663 g/mol. The number of aromatic nitrogens is 2. The Morgan fingerprint density at radius 2 is 0.846 bits per heavy atom. The molecule has 4 nitrogen and oxygen atoms in total. The Morgan fingerprint density at radius 1 is 0.327 bits per heavy atom. The van der Waals surface area contributed by atoms with Gasteiger partial charge in [0.15, 0.2) is 11.2 Å². The van der Waals surface area contributed by atoms with Gasteiger partial charge in [-0.2, -0.15) is 0 Å². The molecular formula is C48H26N2O2. The predicted molar refractivity (Wildman–Crippen MR) is 215 cm³/mol. The van der Waals surface area contributed by atoms with Gasteiger partial charge in [0.2, 0.25) is 0 Å². The smallest absolute Gasteiger partial charge is 0.160 e. The van der Waals surface area contributed by atoms with Crippen molar-refractivity contribution in [3.63, 3.8) is 0 Å². The van der Waals surface area contributed by atoms with Crippen LogP contribution in [0.1, 0.15) is 0 Å². The first kappa shape index (κ1) is 26.8. The van der Waals surface area contributed by atoms with Gasteiger partial charge in [0, 0.05) is 59.5 Å². The van der Waals surface area contributed by atoms with Gasteiger partial charge in [-0.1, -0.05) is 97.1 Å². The highest BCUT2D eigenvalue weighted by atomic mass is 16.3. The quantitative estimate of drug-likeness (QED) is 0.185. The highest BCUT2D eigenvalue weighted by Gasteiger charge is 2.25. The lowest BCUT2D eigenvalue weighted by molar-refractivity contribution is 0.670. The van der Waals surface area contributed by atoms with E-state index < -0.39 is 0 Å². The fourth-order valence-corrected chi connectivity index (χ4v) is 9.22. The Bertz CT molecular complexity index is 3470. The van der Waals surface area contributed by atoms with Crippen molar-refractivity contribution in [1.82, 2.24) is 8.97 Å². The first-order valence-electron chi connectivity index (χ1n) is 17.8. The summed E-state index contributed by atoms with van der Waals surface area (Å²) in [5, 5.41) is 11.7. The number of fused-ring (bicyclic) bond motifs is 17. The highest BCUT2D eigenvalue weighted by molar-refractivity contribution is 6.32.